The number of allylic oxidation sites excluding steroid dienone is 1. The molecule has 0 radical (unpaired) electrons. The molecule has 22 heavy (non-hydrogen) atoms. The van der Waals surface area contributed by atoms with Gasteiger partial charge in [0, 0.05) is 10.8 Å². The molecule has 0 saturated carbocycles. The summed E-state index contributed by atoms with van der Waals surface area (Å²) in [4.78, 5) is 13.0. The van der Waals surface area contributed by atoms with Gasteiger partial charge in [0.1, 0.15) is 16.3 Å². The van der Waals surface area contributed by atoms with E-state index >= 15 is 0 Å². The quantitative estimate of drug-likeness (QED) is 0.266. The molecule has 1 rings (SSSR count). The third-order valence-electron chi connectivity index (χ3n) is 2.84. The van der Waals surface area contributed by atoms with E-state index in [-0.39, 0.29) is 22.2 Å². The summed E-state index contributed by atoms with van der Waals surface area (Å²) in [5.41, 5.74) is 0.509. The molecular formula is C15H18ClNO3S2. The molecule has 0 aliphatic rings. The van der Waals surface area contributed by atoms with Gasteiger partial charge in [-0.2, -0.15) is 0 Å². The van der Waals surface area contributed by atoms with Gasteiger partial charge in [0.05, 0.1) is 17.8 Å². The van der Waals surface area contributed by atoms with Crippen LogP contribution in [0.15, 0.2) is 34.4 Å². The number of halogens is 1. The first-order valence-corrected chi connectivity index (χ1v) is 8.49. The van der Waals surface area contributed by atoms with Gasteiger partial charge >= 0.3 is 5.97 Å². The first kappa shape index (κ1) is 18.8. The van der Waals surface area contributed by atoms with Crippen molar-refractivity contribution in [3.05, 3.63) is 34.6 Å². The van der Waals surface area contributed by atoms with E-state index in [1.54, 1.807) is 31.7 Å². The van der Waals surface area contributed by atoms with E-state index in [1.807, 2.05) is 18.4 Å². The Hall–Kier alpha value is -1.24. The summed E-state index contributed by atoms with van der Waals surface area (Å²) >= 11 is 12.9. The lowest BCUT2D eigenvalue weighted by molar-refractivity contribution is -0.135. The highest BCUT2D eigenvalue weighted by molar-refractivity contribution is 7.98. The third-order valence-corrected chi connectivity index (χ3v) is 4.20. The number of benzene rings is 1. The second-order valence-corrected chi connectivity index (χ2v) is 6.40. The Morgan fingerprint density at radius 3 is 2.59 bits per heavy atom. The average Bonchev–Trinajstić information content (AvgIpc) is 2.49. The number of carbonyl (C=O) groups excluding carboxylic acids is 1. The number of thiocarbonyl (C=S) groups is 1. The van der Waals surface area contributed by atoms with Crippen LogP contribution in [0, 0.1) is 5.92 Å². The van der Waals surface area contributed by atoms with E-state index in [4.69, 9.17) is 28.6 Å². The summed E-state index contributed by atoms with van der Waals surface area (Å²) in [5, 5.41) is 13.5. The zero-order valence-corrected chi connectivity index (χ0v) is 15.2. The highest BCUT2D eigenvalue weighted by atomic mass is 35.5. The molecule has 1 aromatic carbocycles. The second-order valence-electron chi connectivity index (χ2n) is 4.71. The third kappa shape index (κ3) is 4.63. The van der Waals surface area contributed by atoms with Crippen LogP contribution in [0.1, 0.15) is 13.8 Å². The van der Waals surface area contributed by atoms with Gasteiger partial charge in [-0.05, 0) is 24.5 Å². The minimum absolute atomic E-state index is 0.0573. The fraction of sp³-hybridized carbons (Fsp3) is 0.333. The van der Waals surface area contributed by atoms with E-state index in [1.165, 1.54) is 7.11 Å². The van der Waals surface area contributed by atoms with Crippen molar-refractivity contribution in [1.82, 2.24) is 0 Å². The molecule has 0 fully saturated rings. The first-order chi connectivity index (χ1) is 10.3. The number of hydrogen-bond donors (Lipinski definition) is 2. The lowest BCUT2D eigenvalue weighted by Crippen LogP contribution is -2.23. The van der Waals surface area contributed by atoms with Crippen LogP contribution in [0.25, 0.3) is 0 Å². The summed E-state index contributed by atoms with van der Waals surface area (Å²) in [6.07, 6.45) is 1.94. The fourth-order valence-electron chi connectivity index (χ4n) is 1.62. The molecule has 0 aromatic heterocycles. The number of thioether (sulfide) groups is 1. The Morgan fingerprint density at radius 2 is 2.09 bits per heavy atom. The van der Waals surface area contributed by atoms with Crippen molar-refractivity contribution >= 4 is 52.2 Å². The minimum atomic E-state index is -0.694. The summed E-state index contributed by atoms with van der Waals surface area (Å²) in [5.74, 6) is -1.08. The average molecular weight is 360 g/mol. The topological polar surface area (TPSA) is 58.6 Å². The Balaban J connectivity index is 3.18. The maximum Gasteiger partial charge on any atom is 0.344 e. The number of aliphatic hydroxyl groups is 1. The molecule has 0 heterocycles. The summed E-state index contributed by atoms with van der Waals surface area (Å²) in [7, 11) is 1.24. The molecule has 0 unspecified atom stereocenters. The van der Waals surface area contributed by atoms with Gasteiger partial charge in [-0.3, -0.25) is 0 Å². The smallest absolute Gasteiger partial charge is 0.344 e. The lowest BCUT2D eigenvalue weighted by atomic mass is 10.1. The molecule has 0 aliphatic heterocycles. The predicted octanol–water partition coefficient (Wildman–Crippen LogP) is 4.44. The number of esters is 1. The molecule has 120 valence electrons. The summed E-state index contributed by atoms with van der Waals surface area (Å²) < 4.78 is 4.70. The zero-order valence-electron chi connectivity index (χ0n) is 12.8. The predicted molar refractivity (Wildman–Crippen MR) is 96.0 cm³/mol. The molecule has 0 bridgehead atoms. The first-order valence-electron chi connectivity index (χ1n) is 6.48. The largest absolute Gasteiger partial charge is 0.511 e. The Morgan fingerprint density at radius 1 is 1.45 bits per heavy atom. The standard InChI is InChI=1S/C15H18ClNO3S2/c1-8(2)13(18)12(15(19)20-3)14(21)17-11-7-9(22-4)5-6-10(11)16/h5-8,18H,1-4H3,(H,17,21)/b13-12+. The van der Waals surface area contributed by atoms with Crippen molar-refractivity contribution < 1.29 is 14.6 Å². The number of ether oxygens (including phenoxy) is 1. The van der Waals surface area contributed by atoms with Crippen LogP contribution >= 0.6 is 35.6 Å². The van der Waals surface area contributed by atoms with Crippen molar-refractivity contribution in [2.45, 2.75) is 18.7 Å². The minimum Gasteiger partial charge on any atom is -0.511 e. The van der Waals surface area contributed by atoms with Gasteiger partial charge in [-0.1, -0.05) is 37.7 Å². The van der Waals surface area contributed by atoms with Crippen LogP contribution in [-0.4, -0.2) is 29.4 Å². The SMILES string of the molecule is COC(=O)/C(C(=S)Nc1cc(SC)ccc1Cl)=C(/O)C(C)C. The van der Waals surface area contributed by atoms with E-state index in [9.17, 15) is 9.90 Å². The van der Waals surface area contributed by atoms with Gasteiger partial charge in [-0.25, -0.2) is 4.79 Å². The normalized spacial score (nSPS) is 11.9. The van der Waals surface area contributed by atoms with Crippen molar-refractivity contribution in [1.29, 1.82) is 0 Å². The van der Waals surface area contributed by atoms with Crippen LogP contribution in [0.3, 0.4) is 0 Å². The van der Waals surface area contributed by atoms with Crippen LogP contribution < -0.4 is 5.32 Å². The number of hydrogen-bond acceptors (Lipinski definition) is 5. The van der Waals surface area contributed by atoms with Crippen molar-refractivity contribution in [3.8, 4) is 0 Å². The second kappa shape index (κ2) is 8.41. The summed E-state index contributed by atoms with van der Waals surface area (Å²) in [6, 6.07) is 5.44. The molecule has 7 heteroatoms. The molecular weight excluding hydrogens is 342 g/mol. The van der Waals surface area contributed by atoms with Crippen LogP contribution in [-0.2, 0) is 9.53 Å². The lowest BCUT2D eigenvalue weighted by Gasteiger charge is -2.15. The van der Waals surface area contributed by atoms with Crippen LogP contribution in [0.4, 0.5) is 5.69 Å². The van der Waals surface area contributed by atoms with Crippen LogP contribution in [0.2, 0.25) is 5.02 Å². The van der Waals surface area contributed by atoms with Gasteiger partial charge in [0.25, 0.3) is 0 Å². The van der Waals surface area contributed by atoms with Gasteiger partial charge < -0.3 is 15.2 Å². The number of nitrogens with one attached hydrogen (secondary N) is 1. The molecule has 0 spiro atoms. The van der Waals surface area contributed by atoms with Gasteiger partial charge in [0.2, 0.25) is 0 Å². The van der Waals surface area contributed by atoms with Gasteiger partial charge in [-0.15, -0.1) is 11.8 Å². The Kier molecular flexibility index (Phi) is 7.19. The Bertz CT molecular complexity index is 615. The maximum atomic E-state index is 11.9. The Labute approximate surface area is 144 Å². The van der Waals surface area contributed by atoms with Crippen LogP contribution in [0.5, 0.6) is 0 Å². The monoisotopic (exact) mass is 359 g/mol. The van der Waals surface area contributed by atoms with E-state index in [0.29, 0.717) is 10.7 Å². The van der Waals surface area contributed by atoms with E-state index in [0.717, 1.165) is 4.90 Å². The number of carbonyl (C=O) groups is 1. The van der Waals surface area contributed by atoms with E-state index in [2.05, 4.69) is 5.32 Å². The van der Waals surface area contributed by atoms with Gasteiger partial charge in [0.15, 0.2) is 0 Å². The fourth-order valence-corrected chi connectivity index (χ4v) is 2.52. The molecule has 2 N–H and O–H groups in total. The molecule has 0 saturated heterocycles. The number of methoxy groups -OCH3 is 1. The van der Waals surface area contributed by atoms with Crippen molar-refractivity contribution in [2.75, 3.05) is 18.7 Å². The molecule has 1 aromatic rings. The highest BCUT2D eigenvalue weighted by Crippen LogP contribution is 2.28. The zero-order chi connectivity index (χ0) is 16.9. The number of rotatable bonds is 5. The molecule has 0 amide bonds. The maximum absolute atomic E-state index is 11.9. The number of aliphatic hydroxyl groups excluding tert-OH is 1. The van der Waals surface area contributed by atoms with Crippen molar-refractivity contribution in [2.24, 2.45) is 5.92 Å². The molecule has 4 nitrogen and oxygen atoms in total. The molecule has 0 atom stereocenters. The van der Waals surface area contributed by atoms with E-state index < -0.39 is 5.97 Å². The highest BCUT2D eigenvalue weighted by Gasteiger charge is 2.23. The molecule has 0 aliphatic carbocycles. The van der Waals surface area contributed by atoms with Crippen molar-refractivity contribution in [3.63, 3.8) is 0 Å². The number of anilines is 1. The summed E-state index contributed by atoms with van der Waals surface area (Å²) in [6.45, 7) is 3.50.